The van der Waals surface area contributed by atoms with E-state index in [-0.39, 0.29) is 0 Å². The van der Waals surface area contributed by atoms with Crippen LogP contribution >= 0.6 is 0 Å². The summed E-state index contributed by atoms with van der Waals surface area (Å²) in [5.74, 6) is 0.653. The summed E-state index contributed by atoms with van der Waals surface area (Å²) in [6, 6.07) is 76.7. The van der Waals surface area contributed by atoms with Crippen molar-refractivity contribution >= 4 is 43.5 Å². The van der Waals surface area contributed by atoms with Crippen LogP contribution in [0.1, 0.15) is 0 Å². The number of rotatable bonds is 7. The minimum Gasteiger partial charge on any atom is -0.309 e. The van der Waals surface area contributed by atoms with Crippen molar-refractivity contribution in [3.63, 3.8) is 0 Å². The molecule has 0 unspecified atom stereocenters. The number of nitrogens with zero attached hydrogens (tertiary/aromatic N) is 5. The minimum absolute atomic E-state index is 0.653. The Morgan fingerprint density at radius 3 is 1.73 bits per heavy atom. The summed E-state index contributed by atoms with van der Waals surface area (Å²) in [6.07, 6.45) is 1.80. The van der Waals surface area contributed by atoms with Crippen molar-refractivity contribution in [2.75, 3.05) is 0 Å². The lowest BCUT2D eigenvalue weighted by atomic mass is 9.94. The van der Waals surface area contributed by atoms with Gasteiger partial charge in [-0.05, 0) is 82.9 Å². The summed E-state index contributed by atoms with van der Waals surface area (Å²) in [5.41, 5.74) is 15.3. The third kappa shape index (κ3) is 6.42. The molecule has 0 radical (unpaired) electrons. The highest BCUT2D eigenvalue weighted by Crippen LogP contribution is 2.43. The molecular formula is C58H37N5. The van der Waals surface area contributed by atoms with Crippen molar-refractivity contribution in [1.29, 1.82) is 0 Å². The maximum absolute atomic E-state index is 5.38. The molecule has 0 aliphatic rings. The van der Waals surface area contributed by atoms with Crippen molar-refractivity contribution in [3.05, 3.63) is 225 Å². The van der Waals surface area contributed by atoms with Crippen molar-refractivity contribution in [1.82, 2.24) is 24.5 Å². The number of hydrogen-bond donors (Lipinski definition) is 0. The second-order valence-electron chi connectivity index (χ2n) is 15.8. The lowest BCUT2D eigenvalue weighted by Crippen LogP contribution is -1.97. The zero-order valence-electron chi connectivity index (χ0n) is 34.1. The maximum atomic E-state index is 5.38. The topological polar surface area (TPSA) is 56.5 Å². The second kappa shape index (κ2) is 15.2. The Morgan fingerprint density at radius 1 is 0.317 bits per heavy atom. The minimum atomic E-state index is 0.653. The van der Waals surface area contributed by atoms with Crippen molar-refractivity contribution in [2.45, 2.75) is 0 Å². The lowest BCUT2D eigenvalue weighted by Gasteiger charge is -2.14. The highest BCUT2D eigenvalue weighted by Gasteiger charge is 2.20. The van der Waals surface area contributed by atoms with Crippen LogP contribution in [0.2, 0.25) is 0 Å². The molecule has 0 saturated heterocycles. The normalized spacial score (nSPS) is 11.5. The summed E-state index contributed by atoms with van der Waals surface area (Å²) in [4.78, 5) is 20.2. The van der Waals surface area contributed by atoms with Gasteiger partial charge in [-0.3, -0.25) is 4.98 Å². The predicted molar refractivity (Wildman–Crippen MR) is 260 cm³/mol. The Balaban J connectivity index is 0.960. The smallest absolute Gasteiger partial charge is 0.160 e. The van der Waals surface area contributed by atoms with E-state index < -0.39 is 0 Å². The first-order valence-corrected chi connectivity index (χ1v) is 21.2. The Bertz CT molecular complexity index is 3650. The number of benzene rings is 8. The van der Waals surface area contributed by atoms with Gasteiger partial charge in [-0.15, -0.1) is 0 Å². The Morgan fingerprint density at radius 2 is 0.937 bits per heavy atom. The van der Waals surface area contributed by atoms with Crippen LogP contribution < -0.4 is 0 Å². The monoisotopic (exact) mass is 803 g/mol. The van der Waals surface area contributed by atoms with Gasteiger partial charge in [0.25, 0.3) is 0 Å². The van der Waals surface area contributed by atoms with Crippen LogP contribution in [0.15, 0.2) is 225 Å². The number of aromatic nitrogens is 5. The van der Waals surface area contributed by atoms with Crippen LogP contribution in [0.4, 0.5) is 0 Å². The SMILES string of the molecule is c1ccc(-c2cccc(-c3nc(-c4ccc(-c5cccc(-c6nc7ccccc7c7c6ccc6c7c7ccccc7n6-c6ccccc6)c5)cc4)cc(-c4ccccn4)n3)c2)cc1. The van der Waals surface area contributed by atoms with Crippen LogP contribution in [0.5, 0.6) is 0 Å². The molecule has 4 heterocycles. The molecule has 0 amide bonds. The standard InChI is InChI=1S/C58H37N5/c1-3-15-38(16-4-1)42-18-14-20-44(36-42)58-61-51(37-52(62-58)50-26-11-12-34-59-50)40-30-28-39(29-31-40)41-17-13-19-43(35-41)57-48-32-33-54-56(55(48)46-23-7-9-25-49(46)60-57)47-24-8-10-27-53(47)63(54)45-21-5-2-6-22-45/h1-37H. The maximum Gasteiger partial charge on any atom is 0.160 e. The highest BCUT2D eigenvalue weighted by atomic mass is 15.0. The molecule has 0 atom stereocenters. The summed E-state index contributed by atoms with van der Waals surface area (Å²) in [6.45, 7) is 0. The summed E-state index contributed by atoms with van der Waals surface area (Å²) in [5, 5.41) is 5.95. The molecule has 0 N–H and O–H groups in total. The van der Waals surface area contributed by atoms with E-state index in [4.69, 9.17) is 15.0 Å². The average Bonchev–Trinajstić information content (AvgIpc) is 3.71. The molecule has 294 valence electrons. The number of fused-ring (bicyclic) bond motifs is 7. The second-order valence-corrected chi connectivity index (χ2v) is 15.8. The Hall–Kier alpha value is -8.54. The van der Waals surface area contributed by atoms with E-state index in [1.165, 1.54) is 27.2 Å². The van der Waals surface area contributed by atoms with E-state index in [0.717, 1.165) is 83.7 Å². The zero-order chi connectivity index (χ0) is 41.7. The molecule has 0 fully saturated rings. The van der Waals surface area contributed by atoms with Crippen LogP contribution in [0.25, 0.3) is 117 Å². The van der Waals surface area contributed by atoms with E-state index >= 15 is 0 Å². The summed E-state index contributed by atoms with van der Waals surface area (Å²) in [7, 11) is 0. The lowest BCUT2D eigenvalue weighted by molar-refractivity contribution is 1.16. The molecule has 0 saturated carbocycles. The Kier molecular flexibility index (Phi) is 8.75. The average molecular weight is 804 g/mol. The molecule has 8 aromatic carbocycles. The fourth-order valence-electron chi connectivity index (χ4n) is 9.09. The number of para-hydroxylation sites is 3. The van der Waals surface area contributed by atoms with Crippen LogP contribution in [0, 0.1) is 0 Å². The van der Waals surface area contributed by atoms with E-state index in [1.54, 1.807) is 6.20 Å². The molecule has 0 spiro atoms. The van der Waals surface area contributed by atoms with Gasteiger partial charge in [0, 0.05) is 55.5 Å². The van der Waals surface area contributed by atoms with Gasteiger partial charge in [0.2, 0.25) is 0 Å². The summed E-state index contributed by atoms with van der Waals surface area (Å²) < 4.78 is 2.38. The van der Waals surface area contributed by atoms with Crippen LogP contribution in [-0.2, 0) is 0 Å². The van der Waals surface area contributed by atoms with Gasteiger partial charge in [0.15, 0.2) is 5.82 Å². The third-order valence-corrected chi connectivity index (χ3v) is 12.0. The molecule has 4 aromatic heterocycles. The molecule has 0 aliphatic carbocycles. The molecule has 12 rings (SSSR count). The largest absolute Gasteiger partial charge is 0.309 e. The van der Waals surface area contributed by atoms with E-state index in [0.29, 0.717) is 5.82 Å². The van der Waals surface area contributed by atoms with Crippen molar-refractivity contribution in [3.8, 4) is 73.2 Å². The van der Waals surface area contributed by atoms with E-state index in [2.05, 4.69) is 198 Å². The fourth-order valence-corrected chi connectivity index (χ4v) is 9.09. The number of hydrogen-bond acceptors (Lipinski definition) is 4. The molecule has 5 heteroatoms. The van der Waals surface area contributed by atoms with Gasteiger partial charge in [0.1, 0.15) is 0 Å². The molecule has 0 aliphatic heterocycles. The molecule has 5 nitrogen and oxygen atoms in total. The fraction of sp³-hybridized carbons (Fsp3) is 0. The predicted octanol–water partition coefficient (Wildman–Crippen LogP) is 14.7. The quantitative estimate of drug-likeness (QED) is 0.151. The van der Waals surface area contributed by atoms with Gasteiger partial charge in [0.05, 0.1) is 39.3 Å². The highest BCUT2D eigenvalue weighted by molar-refractivity contribution is 6.29. The van der Waals surface area contributed by atoms with Crippen LogP contribution in [-0.4, -0.2) is 24.5 Å². The summed E-state index contributed by atoms with van der Waals surface area (Å²) >= 11 is 0. The first-order valence-electron chi connectivity index (χ1n) is 21.2. The molecule has 12 aromatic rings. The number of pyridine rings is 2. The molecule has 63 heavy (non-hydrogen) atoms. The van der Waals surface area contributed by atoms with Gasteiger partial charge in [-0.25, -0.2) is 15.0 Å². The third-order valence-electron chi connectivity index (χ3n) is 12.0. The first-order chi connectivity index (χ1) is 31.2. The van der Waals surface area contributed by atoms with E-state index in [1.807, 2.05) is 30.3 Å². The van der Waals surface area contributed by atoms with Gasteiger partial charge < -0.3 is 4.57 Å². The van der Waals surface area contributed by atoms with Crippen molar-refractivity contribution < 1.29 is 0 Å². The van der Waals surface area contributed by atoms with Gasteiger partial charge >= 0.3 is 0 Å². The van der Waals surface area contributed by atoms with E-state index in [9.17, 15) is 0 Å². The Labute approximate surface area is 364 Å². The molecular weight excluding hydrogens is 767 g/mol. The van der Waals surface area contributed by atoms with Crippen molar-refractivity contribution in [2.24, 2.45) is 0 Å². The van der Waals surface area contributed by atoms with Gasteiger partial charge in [-0.1, -0.05) is 158 Å². The zero-order valence-corrected chi connectivity index (χ0v) is 34.1. The van der Waals surface area contributed by atoms with Crippen LogP contribution in [0.3, 0.4) is 0 Å². The van der Waals surface area contributed by atoms with Gasteiger partial charge in [-0.2, -0.15) is 0 Å². The first kappa shape index (κ1) is 36.3. The molecule has 0 bridgehead atoms.